The average molecular weight is 227 g/mol. The van der Waals surface area contributed by atoms with Crippen molar-refractivity contribution < 1.29 is 4.79 Å². The van der Waals surface area contributed by atoms with Gasteiger partial charge in [-0.1, -0.05) is 23.7 Å². The first kappa shape index (κ1) is 12.0. The fraction of sp³-hybridized carbons (Fsp3) is 0.364. The van der Waals surface area contributed by atoms with E-state index in [0.717, 1.165) is 5.56 Å². The Morgan fingerprint density at radius 3 is 2.47 bits per heavy atom. The Morgan fingerprint density at radius 1 is 1.47 bits per heavy atom. The monoisotopic (exact) mass is 226 g/mol. The summed E-state index contributed by atoms with van der Waals surface area (Å²) in [5, 5.41) is 0.712. The van der Waals surface area contributed by atoms with Crippen molar-refractivity contribution in [3.8, 4) is 0 Å². The third kappa shape index (κ3) is 3.53. The summed E-state index contributed by atoms with van der Waals surface area (Å²) < 4.78 is 0. The van der Waals surface area contributed by atoms with Gasteiger partial charge in [0.2, 0.25) is 5.91 Å². The zero-order valence-electron chi connectivity index (χ0n) is 8.90. The number of likely N-dealkylation sites (N-methyl/N-ethyl adjacent to an activating group) is 1. The van der Waals surface area contributed by atoms with Crippen molar-refractivity contribution in [1.29, 1.82) is 0 Å². The first-order chi connectivity index (χ1) is 7.00. The first-order valence-electron chi connectivity index (χ1n) is 4.74. The van der Waals surface area contributed by atoms with Gasteiger partial charge < -0.3 is 5.73 Å². The van der Waals surface area contributed by atoms with Crippen molar-refractivity contribution >= 4 is 17.5 Å². The number of benzene rings is 1. The summed E-state index contributed by atoms with van der Waals surface area (Å²) in [5.41, 5.74) is 6.32. The molecule has 0 spiro atoms. The second kappa shape index (κ2) is 5.14. The Kier molecular flexibility index (Phi) is 4.12. The van der Waals surface area contributed by atoms with Crippen LogP contribution in [0.2, 0.25) is 5.02 Å². The molecule has 0 bridgehead atoms. The predicted octanol–water partition coefficient (Wildman–Crippen LogP) is 1.65. The molecule has 0 aliphatic rings. The topological polar surface area (TPSA) is 46.3 Å². The van der Waals surface area contributed by atoms with Gasteiger partial charge in [-0.2, -0.15) is 0 Å². The lowest BCUT2D eigenvalue weighted by molar-refractivity contribution is -0.122. The molecule has 82 valence electrons. The molecule has 0 aliphatic carbocycles. The summed E-state index contributed by atoms with van der Waals surface area (Å²) in [4.78, 5) is 12.8. The zero-order valence-corrected chi connectivity index (χ0v) is 9.66. The molecular formula is C11H15ClN2O. The van der Waals surface area contributed by atoms with Gasteiger partial charge in [-0.15, -0.1) is 0 Å². The van der Waals surface area contributed by atoms with E-state index in [1.54, 1.807) is 6.92 Å². The molecule has 0 radical (unpaired) electrons. The third-order valence-electron chi connectivity index (χ3n) is 2.42. The molecule has 0 aliphatic heterocycles. The lowest BCUT2D eigenvalue weighted by Crippen LogP contribution is -2.39. The number of rotatable bonds is 4. The van der Waals surface area contributed by atoms with Crippen LogP contribution in [0.15, 0.2) is 24.3 Å². The average Bonchev–Trinajstić information content (AvgIpc) is 2.20. The molecule has 1 aromatic rings. The highest BCUT2D eigenvalue weighted by molar-refractivity contribution is 6.30. The minimum atomic E-state index is -0.313. The van der Waals surface area contributed by atoms with Gasteiger partial charge in [0.15, 0.2) is 0 Å². The molecule has 0 saturated heterocycles. The van der Waals surface area contributed by atoms with Crippen molar-refractivity contribution in [3.63, 3.8) is 0 Å². The van der Waals surface area contributed by atoms with Crippen molar-refractivity contribution in [2.45, 2.75) is 19.5 Å². The summed E-state index contributed by atoms with van der Waals surface area (Å²) in [7, 11) is 1.87. The van der Waals surface area contributed by atoms with Crippen LogP contribution in [0.25, 0.3) is 0 Å². The smallest absolute Gasteiger partial charge is 0.234 e. The van der Waals surface area contributed by atoms with Gasteiger partial charge in [-0.3, -0.25) is 9.69 Å². The molecule has 15 heavy (non-hydrogen) atoms. The van der Waals surface area contributed by atoms with Crippen molar-refractivity contribution in [1.82, 2.24) is 4.90 Å². The second-order valence-electron chi connectivity index (χ2n) is 3.62. The number of halogens is 1. The molecule has 0 fully saturated rings. The van der Waals surface area contributed by atoms with E-state index in [2.05, 4.69) is 0 Å². The Hall–Kier alpha value is -1.06. The van der Waals surface area contributed by atoms with Crippen LogP contribution in [-0.2, 0) is 11.3 Å². The molecule has 1 atom stereocenters. The molecule has 0 saturated carbocycles. The third-order valence-corrected chi connectivity index (χ3v) is 2.67. The lowest BCUT2D eigenvalue weighted by Gasteiger charge is -2.21. The lowest BCUT2D eigenvalue weighted by atomic mass is 10.2. The van der Waals surface area contributed by atoms with Crippen LogP contribution in [-0.4, -0.2) is 23.9 Å². The van der Waals surface area contributed by atoms with Gasteiger partial charge in [0.05, 0.1) is 6.04 Å². The largest absolute Gasteiger partial charge is 0.368 e. The maximum Gasteiger partial charge on any atom is 0.234 e. The summed E-state index contributed by atoms with van der Waals surface area (Å²) in [5.74, 6) is -0.313. The van der Waals surface area contributed by atoms with E-state index in [1.807, 2.05) is 36.2 Å². The maximum atomic E-state index is 10.9. The number of hydrogen-bond acceptors (Lipinski definition) is 2. The summed E-state index contributed by atoms with van der Waals surface area (Å²) in [6, 6.07) is 7.28. The van der Waals surface area contributed by atoms with Gasteiger partial charge in [0.25, 0.3) is 0 Å². The Balaban J connectivity index is 2.62. The SMILES string of the molecule is C[C@@H](C(N)=O)N(C)Cc1ccc(Cl)cc1. The summed E-state index contributed by atoms with van der Waals surface area (Å²) >= 11 is 5.77. The van der Waals surface area contributed by atoms with Crippen molar-refractivity contribution in [2.75, 3.05) is 7.05 Å². The molecule has 4 heteroatoms. The van der Waals surface area contributed by atoms with Gasteiger partial charge >= 0.3 is 0 Å². The second-order valence-corrected chi connectivity index (χ2v) is 4.06. The van der Waals surface area contributed by atoms with Crippen LogP contribution < -0.4 is 5.73 Å². The highest BCUT2D eigenvalue weighted by Crippen LogP contribution is 2.11. The number of hydrogen-bond donors (Lipinski definition) is 1. The van der Waals surface area contributed by atoms with E-state index in [-0.39, 0.29) is 11.9 Å². The molecule has 0 aromatic heterocycles. The molecule has 3 nitrogen and oxygen atoms in total. The highest BCUT2D eigenvalue weighted by atomic mass is 35.5. The van der Waals surface area contributed by atoms with Crippen molar-refractivity contribution in [2.24, 2.45) is 5.73 Å². The molecule has 2 N–H and O–H groups in total. The Labute approximate surface area is 94.8 Å². The van der Waals surface area contributed by atoms with Crippen LogP contribution in [0.4, 0.5) is 0 Å². The fourth-order valence-electron chi connectivity index (χ4n) is 1.23. The molecule has 1 rings (SSSR count). The number of carbonyl (C=O) groups is 1. The molecule has 1 amide bonds. The van der Waals surface area contributed by atoms with E-state index in [1.165, 1.54) is 0 Å². The molecular weight excluding hydrogens is 212 g/mol. The normalized spacial score (nSPS) is 12.8. The summed E-state index contributed by atoms with van der Waals surface area (Å²) in [6.45, 7) is 2.47. The fourth-order valence-corrected chi connectivity index (χ4v) is 1.36. The van der Waals surface area contributed by atoms with Crippen LogP contribution in [0, 0.1) is 0 Å². The van der Waals surface area contributed by atoms with Crippen LogP contribution >= 0.6 is 11.6 Å². The van der Waals surface area contributed by atoms with E-state index in [9.17, 15) is 4.79 Å². The standard InChI is InChI=1S/C11H15ClN2O/c1-8(11(13)15)14(2)7-9-3-5-10(12)6-4-9/h3-6,8H,7H2,1-2H3,(H2,13,15)/t8-/m0/s1. The Morgan fingerprint density at radius 2 is 2.00 bits per heavy atom. The van der Waals surface area contributed by atoms with E-state index in [0.29, 0.717) is 11.6 Å². The number of primary amides is 1. The number of nitrogens with zero attached hydrogens (tertiary/aromatic N) is 1. The highest BCUT2D eigenvalue weighted by Gasteiger charge is 2.14. The number of nitrogens with two attached hydrogens (primary N) is 1. The van der Waals surface area contributed by atoms with E-state index >= 15 is 0 Å². The van der Waals surface area contributed by atoms with Gasteiger partial charge in [0.1, 0.15) is 0 Å². The molecule has 0 unspecified atom stereocenters. The van der Waals surface area contributed by atoms with Crippen LogP contribution in [0.3, 0.4) is 0 Å². The van der Waals surface area contributed by atoms with E-state index in [4.69, 9.17) is 17.3 Å². The summed E-state index contributed by atoms with van der Waals surface area (Å²) in [6.07, 6.45) is 0. The van der Waals surface area contributed by atoms with E-state index < -0.39 is 0 Å². The van der Waals surface area contributed by atoms with Crippen LogP contribution in [0.5, 0.6) is 0 Å². The minimum absolute atomic E-state index is 0.263. The van der Waals surface area contributed by atoms with Crippen LogP contribution in [0.1, 0.15) is 12.5 Å². The number of amides is 1. The minimum Gasteiger partial charge on any atom is -0.368 e. The van der Waals surface area contributed by atoms with Crippen molar-refractivity contribution in [3.05, 3.63) is 34.9 Å². The number of carbonyl (C=O) groups excluding carboxylic acids is 1. The van der Waals surface area contributed by atoms with Gasteiger partial charge in [-0.05, 0) is 31.7 Å². The van der Waals surface area contributed by atoms with Gasteiger partial charge in [-0.25, -0.2) is 0 Å². The Bertz CT molecular complexity index is 337. The first-order valence-corrected chi connectivity index (χ1v) is 5.12. The predicted molar refractivity (Wildman–Crippen MR) is 61.6 cm³/mol. The maximum absolute atomic E-state index is 10.9. The molecule has 0 heterocycles. The van der Waals surface area contributed by atoms with Gasteiger partial charge in [0, 0.05) is 11.6 Å². The molecule has 1 aromatic carbocycles. The zero-order chi connectivity index (χ0) is 11.4. The quantitative estimate of drug-likeness (QED) is 0.849.